The van der Waals surface area contributed by atoms with E-state index in [9.17, 15) is 0 Å². The summed E-state index contributed by atoms with van der Waals surface area (Å²) in [4.78, 5) is 0. The molecule has 0 radical (unpaired) electrons. The van der Waals surface area contributed by atoms with Crippen molar-refractivity contribution in [1.29, 1.82) is 0 Å². The van der Waals surface area contributed by atoms with Crippen LogP contribution in [-0.4, -0.2) is 0 Å². The molecule has 0 aromatic carbocycles. The number of rotatable bonds is 0. The fourth-order valence-corrected chi connectivity index (χ4v) is 1.73. The zero-order valence-corrected chi connectivity index (χ0v) is 7.53. The summed E-state index contributed by atoms with van der Waals surface area (Å²) < 4.78 is 0. The Labute approximate surface area is 69.7 Å². The van der Waals surface area contributed by atoms with Crippen LogP contribution in [0, 0.1) is 0 Å². The van der Waals surface area contributed by atoms with E-state index in [0.717, 1.165) is 5.70 Å². The summed E-state index contributed by atoms with van der Waals surface area (Å²) in [7, 11) is 0. The quantitative estimate of drug-likeness (QED) is 0.569. The van der Waals surface area contributed by atoms with Gasteiger partial charge in [-0.15, -0.1) is 0 Å². The molecule has 2 N–H and O–H groups in total. The van der Waals surface area contributed by atoms with E-state index in [4.69, 9.17) is 5.73 Å². The Morgan fingerprint density at radius 3 is 1.91 bits per heavy atom. The van der Waals surface area contributed by atoms with Gasteiger partial charge in [0.15, 0.2) is 0 Å². The largest absolute Gasteiger partial charge is 0.402 e. The molecular formula is C10H19N. The lowest BCUT2D eigenvalue weighted by Gasteiger charge is -2.12. The monoisotopic (exact) mass is 153 g/mol. The molecule has 64 valence electrons. The zero-order chi connectivity index (χ0) is 8.10. The summed E-state index contributed by atoms with van der Waals surface area (Å²) in [5.74, 6) is 0. The SMILES string of the molecule is CC(N)=C1CCCCCCC1. The summed E-state index contributed by atoms with van der Waals surface area (Å²) in [6, 6.07) is 0. The molecule has 0 aliphatic heterocycles. The maximum absolute atomic E-state index is 5.77. The van der Waals surface area contributed by atoms with E-state index >= 15 is 0 Å². The van der Waals surface area contributed by atoms with E-state index in [1.54, 1.807) is 0 Å². The van der Waals surface area contributed by atoms with Gasteiger partial charge >= 0.3 is 0 Å². The summed E-state index contributed by atoms with van der Waals surface area (Å²) in [5, 5.41) is 0. The van der Waals surface area contributed by atoms with Crippen LogP contribution in [0.2, 0.25) is 0 Å². The molecule has 0 spiro atoms. The Balaban J connectivity index is 2.45. The van der Waals surface area contributed by atoms with E-state index in [-0.39, 0.29) is 0 Å². The number of nitrogens with two attached hydrogens (primary N) is 1. The van der Waals surface area contributed by atoms with Crippen LogP contribution >= 0.6 is 0 Å². The van der Waals surface area contributed by atoms with Crippen LogP contribution in [0.25, 0.3) is 0 Å². The van der Waals surface area contributed by atoms with Gasteiger partial charge in [-0.1, -0.05) is 24.8 Å². The number of hydrogen-bond acceptors (Lipinski definition) is 1. The first-order valence-electron chi connectivity index (χ1n) is 4.75. The van der Waals surface area contributed by atoms with E-state index in [0.29, 0.717) is 0 Å². The number of hydrogen-bond donors (Lipinski definition) is 1. The number of allylic oxidation sites excluding steroid dienone is 2. The van der Waals surface area contributed by atoms with Gasteiger partial charge in [-0.2, -0.15) is 0 Å². The third kappa shape index (κ3) is 2.96. The molecule has 0 saturated heterocycles. The van der Waals surface area contributed by atoms with Crippen LogP contribution in [0.4, 0.5) is 0 Å². The fourth-order valence-electron chi connectivity index (χ4n) is 1.73. The van der Waals surface area contributed by atoms with E-state index < -0.39 is 0 Å². The van der Waals surface area contributed by atoms with Crippen LogP contribution in [-0.2, 0) is 0 Å². The first kappa shape index (κ1) is 8.63. The molecule has 1 aliphatic carbocycles. The highest BCUT2D eigenvalue weighted by Crippen LogP contribution is 2.22. The minimum Gasteiger partial charge on any atom is -0.402 e. The summed E-state index contributed by atoms with van der Waals surface area (Å²) >= 11 is 0. The lowest BCUT2D eigenvalue weighted by atomic mass is 9.95. The Kier molecular flexibility index (Phi) is 3.47. The van der Waals surface area contributed by atoms with Crippen molar-refractivity contribution in [3.05, 3.63) is 11.3 Å². The molecule has 0 aromatic rings. The topological polar surface area (TPSA) is 26.0 Å². The molecule has 11 heavy (non-hydrogen) atoms. The van der Waals surface area contributed by atoms with Gasteiger partial charge in [-0.05, 0) is 32.6 Å². The molecule has 0 aromatic heterocycles. The average molecular weight is 153 g/mol. The third-order valence-electron chi connectivity index (χ3n) is 2.51. The summed E-state index contributed by atoms with van der Waals surface area (Å²) in [6.45, 7) is 2.04. The second kappa shape index (κ2) is 4.42. The van der Waals surface area contributed by atoms with E-state index in [1.807, 2.05) is 6.92 Å². The van der Waals surface area contributed by atoms with Crippen molar-refractivity contribution in [1.82, 2.24) is 0 Å². The summed E-state index contributed by atoms with van der Waals surface area (Å²) in [5.41, 5.74) is 8.36. The predicted octanol–water partition coefficient (Wildman–Crippen LogP) is 2.96. The van der Waals surface area contributed by atoms with Gasteiger partial charge in [-0.25, -0.2) is 0 Å². The third-order valence-corrected chi connectivity index (χ3v) is 2.51. The zero-order valence-electron chi connectivity index (χ0n) is 7.53. The van der Waals surface area contributed by atoms with Crippen molar-refractivity contribution in [2.45, 2.75) is 51.9 Å². The molecule has 0 bridgehead atoms. The van der Waals surface area contributed by atoms with Crippen molar-refractivity contribution in [2.75, 3.05) is 0 Å². The van der Waals surface area contributed by atoms with Gasteiger partial charge in [0.25, 0.3) is 0 Å². The molecule has 1 saturated carbocycles. The Morgan fingerprint density at radius 2 is 1.45 bits per heavy atom. The van der Waals surface area contributed by atoms with E-state index in [1.165, 1.54) is 50.5 Å². The average Bonchev–Trinajstić information content (AvgIpc) is 1.84. The maximum Gasteiger partial charge on any atom is 0.00407 e. The van der Waals surface area contributed by atoms with Crippen molar-refractivity contribution in [3.8, 4) is 0 Å². The summed E-state index contributed by atoms with van der Waals surface area (Å²) in [6.07, 6.45) is 9.43. The normalized spacial score (nSPS) is 20.6. The van der Waals surface area contributed by atoms with Crippen LogP contribution in [0.15, 0.2) is 11.3 Å². The minimum absolute atomic E-state index is 1.08. The van der Waals surface area contributed by atoms with E-state index in [2.05, 4.69) is 0 Å². The van der Waals surface area contributed by atoms with Crippen molar-refractivity contribution < 1.29 is 0 Å². The highest BCUT2D eigenvalue weighted by molar-refractivity contribution is 5.08. The second-order valence-electron chi connectivity index (χ2n) is 3.55. The van der Waals surface area contributed by atoms with Gasteiger partial charge in [0.05, 0.1) is 0 Å². The Hall–Kier alpha value is -0.460. The molecule has 0 amide bonds. The Bertz CT molecular complexity index is 133. The molecule has 1 nitrogen and oxygen atoms in total. The van der Waals surface area contributed by atoms with Gasteiger partial charge in [0.1, 0.15) is 0 Å². The molecule has 1 rings (SSSR count). The molecule has 1 heteroatoms. The lowest BCUT2D eigenvalue weighted by molar-refractivity contribution is 0.565. The second-order valence-corrected chi connectivity index (χ2v) is 3.55. The molecule has 0 heterocycles. The van der Waals surface area contributed by atoms with Crippen molar-refractivity contribution in [3.63, 3.8) is 0 Å². The van der Waals surface area contributed by atoms with Gasteiger partial charge in [0, 0.05) is 5.70 Å². The van der Waals surface area contributed by atoms with Gasteiger partial charge in [-0.3, -0.25) is 0 Å². The standard InChI is InChI=1S/C10H19N/c1-9(11)10-7-5-3-2-4-6-8-10/h2-8,11H2,1H3. The van der Waals surface area contributed by atoms with Gasteiger partial charge < -0.3 is 5.73 Å². The maximum atomic E-state index is 5.77. The molecule has 1 aliphatic rings. The molecule has 0 atom stereocenters. The minimum atomic E-state index is 1.08. The first-order valence-corrected chi connectivity index (χ1v) is 4.75. The molecule has 0 unspecified atom stereocenters. The van der Waals surface area contributed by atoms with Crippen LogP contribution in [0.3, 0.4) is 0 Å². The lowest BCUT2D eigenvalue weighted by Crippen LogP contribution is -2.01. The van der Waals surface area contributed by atoms with Crippen molar-refractivity contribution >= 4 is 0 Å². The van der Waals surface area contributed by atoms with Crippen LogP contribution < -0.4 is 5.73 Å². The molecule has 1 fully saturated rings. The predicted molar refractivity (Wildman–Crippen MR) is 49.2 cm³/mol. The fraction of sp³-hybridized carbons (Fsp3) is 0.800. The molecular weight excluding hydrogens is 134 g/mol. The van der Waals surface area contributed by atoms with Crippen molar-refractivity contribution in [2.24, 2.45) is 5.73 Å². The van der Waals surface area contributed by atoms with Crippen LogP contribution in [0.1, 0.15) is 51.9 Å². The first-order chi connectivity index (χ1) is 5.30. The van der Waals surface area contributed by atoms with Gasteiger partial charge in [0.2, 0.25) is 0 Å². The van der Waals surface area contributed by atoms with Crippen LogP contribution in [0.5, 0.6) is 0 Å². The Morgan fingerprint density at radius 1 is 1.00 bits per heavy atom. The smallest absolute Gasteiger partial charge is 0.00407 e. The highest BCUT2D eigenvalue weighted by atomic mass is 14.6. The highest BCUT2D eigenvalue weighted by Gasteiger charge is 2.04.